The van der Waals surface area contributed by atoms with Crippen LogP contribution in [0.4, 0.5) is 0 Å². The lowest BCUT2D eigenvalue weighted by Crippen LogP contribution is -2.32. The van der Waals surface area contributed by atoms with E-state index in [2.05, 4.69) is 10.1 Å². The molecule has 0 aromatic heterocycles. The van der Waals surface area contributed by atoms with Gasteiger partial charge in [0.05, 0.1) is 13.0 Å². The third-order valence-electron chi connectivity index (χ3n) is 3.51. The molecule has 0 saturated heterocycles. The van der Waals surface area contributed by atoms with Crippen LogP contribution >= 0.6 is 0 Å². The summed E-state index contributed by atoms with van der Waals surface area (Å²) in [6.07, 6.45) is 3.53. The fraction of sp³-hybridized carbons (Fsp3) is 0.917. The number of aliphatic hydroxyl groups excluding tert-OH is 1. The zero-order valence-corrected chi connectivity index (χ0v) is 10.2. The van der Waals surface area contributed by atoms with Gasteiger partial charge in [-0.3, -0.25) is 4.79 Å². The molecule has 0 bridgehead atoms. The van der Waals surface area contributed by atoms with Gasteiger partial charge in [-0.15, -0.1) is 0 Å². The van der Waals surface area contributed by atoms with E-state index in [4.69, 9.17) is 5.11 Å². The maximum absolute atomic E-state index is 11.2. The third-order valence-corrected chi connectivity index (χ3v) is 3.51. The molecule has 3 unspecified atom stereocenters. The van der Waals surface area contributed by atoms with Crippen molar-refractivity contribution in [2.75, 3.05) is 26.8 Å². The second-order valence-electron chi connectivity index (χ2n) is 4.72. The van der Waals surface area contributed by atoms with Crippen LogP contribution in [0.2, 0.25) is 0 Å². The Bertz CT molecular complexity index is 220. The first kappa shape index (κ1) is 13.5. The van der Waals surface area contributed by atoms with Crippen LogP contribution in [-0.2, 0) is 9.53 Å². The minimum Gasteiger partial charge on any atom is -0.469 e. The predicted molar refractivity (Wildman–Crippen MR) is 62.0 cm³/mol. The van der Waals surface area contributed by atoms with E-state index in [1.807, 2.05) is 6.92 Å². The summed E-state index contributed by atoms with van der Waals surface area (Å²) in [7, 11) is 1.41. The van der Waals surface area contributed by atoms with Crippen molar-refractivity contribution in [2.45, 2.75) is 26.2 Å². The summed E-state index contributed by atoms with van der Waals surface area (Å²) >= 11 is 0. The number of esters is 1. The Morgan fingerprint density at radius 1 is 1.50 bits per heavy atom. The van der Waals surface area contributed by atoms with Crippen LogP contribution in [0.3, 0.4) is 0 Å². The quantitative estimate of drug-likeness (QED) is 0.661. The highest BCUT2D eigenvalue weighted by Gasteiger charge is 2.26. The standard InChI is InChI=1S/C12H23NO3/c1-9(12(15)16-2)6-13-7-10-4-3-5-11(10)8-14/h9-11,13-14H,3-8H2,1-2H3. The molecule has 0 radical (unpaired) electrons. The Kier molecular flexibility index (Phi) is 5.77. The zero-order chi connectivity index (χ0) is 12.0. The Labute approximate surface area is 97.4 Å². The van der Waals surface area contributed by atoms with Gasteiger partial charge in [0.25, 0.3) is 0 Å². The lowest BCUT2D eigenvalue weighted by molar-refractivity contribution is -0.144. The molecule has 0 aliphatic heterocycles. The SMILES string of the molecule is COC(=O)C(C)CNCC1CCCC1CO. The van der Waals surface area contributed by atoms with Crippen molar-refractivity contribution in [1.82, 2.24) is 5.32 Å². The highest BCUT2D eigenvalue weighted by Crippen LogP contribution is 2.30. The smallest absolute Gasteiger partial charge is 0.309 e. The highest BCUT2D eigenvalue weighted by atomic mass is 16.5. The average molecular weight is 229 g/mol. The van der Waals surface area contributed by atoms with Gasteiger partial charge in [0, 0.05) is 13.2 Å². The van der Waals surface area contributed by atoms with E-state index in [1.165, 1.54) is 20.0 Å². The fourth-order valence-corrected chi connectivity index (χ4v) is 2.39. The zero-order valence-electron chi connectivity index (χ0n) is 10.2. The summed E-state index contributed by atoms with van der Waals surface area (Å²) in [5.74, 6) is 0.743. The molecule has 0 aromatic carbocycles. The van der Waals surface area contributed by atoms with E-state index in [-0.39, 0.29) is 11.9 Å². The van der Waals surface area contributed by atoms with Gasteiger partial charge >= 0.3 is 5.97 Å². The summed E-state index contributed by atoms with van der Waals surface area (Å²) in [5.41, 5.74) is 0. The number of methoxy groups -OCH3 is 1. The normalized spacial score (nSPS) is 26.7. The minimum atomic E-state index is -0.169. The molecule has 0 amide bonds. The van der Waals surface area contributed by atoms with Gasteiger partial charge in [-0.25, -0.2) is 0 Å². The molecular weight excluding hydrogens is 206 g/mol. The molecular formula is C12H23NO3. The maximum atomic E-state index is 11.2. The van der Waals surface area contributed by atoms with Crippen LogP contribution in [0.5, 0.6) is 0 Å². The molecule has 0 aromatic rings. The number of carbonyl (C=O) groups excluding carboxylic acids is 1. The van der Waals surface area contributed by atoms with Crippen molar-refractivity contribution in [1.29, 1.82) is 0 Å². The van der Waals surface area contributed by atoms with Crippen LogP contribution in [0.1, 0.15) is 26.2 Å². The summed E-state index contributed by atoms with van der Waals surface area (Å²) < 4.78 is 4.66. The monoisotopic (exact) mass is 229 g/mol. The number of hydrogen-bond acceptors (Lipinski definition) is 4. The summed E-state index contributed by atoms with van der Waals surface area (Å²) in [6, 6.07) is 0. The van der Waals surface area contributed by atoms with E-state index >= 15 is 0 Å². The van der Waals surface area contributed by atoms with Gasteiger partial charge in [0.2, 0.25) is 0 Å². The topological polar surface area (TPSA) is 58.6 Å². The van der Waals surface area contributed by atoms with Gasteiger partial charge in [-0.2, -0.15) is 0 Å². The van der Waals surface area contributed by atoms with Gasteiger partial charge in [0.15, 0.2) is 0 Å². The molecule has 1 aliphatic rings. The molecule has 2 N–H and O–H groups in total. The first-order valence-electron chi connectivity index (χ1n) is 6.08. The number of nitrogens with one attached hydrogen (secondary N) is 1. The minimum absolute atomic E-state index is 0.0982. The lowest BCUT2D eigenvalue weighted by Gasteiger charge is -2.18. The number of carbonyl (C=O) groups is 1. The van der Waals surface area contributed by atoms with Gasteiger partial charge < -0.3 is 15.2 Å². The number of rotatable bonds is 6. The van der Waals surface area contributed by atoms with Crippen LogP contribution in [0.15, 0.2) is 0 Å². The summed E-state index contributed by atoms with van der Waals surface area (Å²) in [4.78, 5) is 11.2. The van der Waals surface area contributed by atoms with Crippen molar-refractivity contribution in [3.8, 4) is 0 Å². The van der Waals surface area contributed by atoms with Crippen molar-refractivity contribution in [2.24, 2.45) is 17.8 Å². The van der Waals surface area contributed by atoms with Crippen LogP contribution in [0, 0.1) is 17.8 Å². The average Bonchev–Trinajstić information content (AvgIpc) is 2.75. The van der Waals surface area contributed by atoms with Gasteiger partial charge in [-0.1, -0.05) is 13.3 Å². The Balaban J connectivity index is 2.17. The molecule has 3 atom stereocenters. The second-order valence-corrected chi connectivity index (χ2v) is 4.72. The van der Waals surface area contributed by atoms with Crippen LogP contribution in [0.25, 0.3) is 0 Å². The molecule has 4 nitrogen and oxygen atoms in total. The Hall–Kier alpha value is -0.610. The fourth-order valence-electron chi connectivity index (χ4n) is 2.39. The molecule has 0 spiro atoms. The Morgan fingerprint density at radius 2 is 2.19 bits per heavy atom. The molecule has 1 saturated carbocycles. The van der Waals surface area contributed by atoms with E-state index in [1.54, 1.807) is 0 Å². The van der Waals surface area contributed by atoms with Crippen LogP contribution < -0.4 is 5.32 Å². The molecule has 1 rings (SSSR count). The second kappa shape index (κ2) is 6.86. The first-order valence-corrected chi connectivity index (χ1v) is 6.08. The van der Waals surface area contributed by atoms with Crippen LogP contribution in [-0.4, -0.2) is 37.9 Å². The van der Waals surface area contributed by atoms with E-state index < -0.39 is 0 Å². The van der Waals surface area contributed by atoms with Gasteiger partial charge in [-0.05, 0) is 31.2 Å². The van der Waals surface area contributed by atoms with Crippen molar-refractivity contribution in [3.63, 3.8) is 0 Å². The molecule has 16 heavy (non-hydrogen) atoms. The van der Waals surface area contributed by atoms with E-state index in [0.717, 1.165) is 13.0 Å². The third kappa shape index (κ3) is 3.76. The van der Waals surface area contributed by atoms with E-state index in [0.29, 0.717) is 25.0 Å². The molecule has 1 fully saturated rings. The van der Waals surface area contributed by atoms with Crippen molar-refractivity contribution >= 4 is 5.97 Å². The predicted octanol–water partition coefficient (Wildman–Crippen LogP) is 0.794. The van der Waals surface area contributed by atoms with Crippen molar-refractivity contribution in [3.05, 3.63) is 0 Å². The van der Waals surface area contributed by atoms with Crippen molar-refractivity contribution < 1.29 is 14.6 Å². The molecule has 4 heteroatoms. The van der Waals surface area contributed by atoms with E-state index in [9.17, 15) is 4.79 Å². The lowest BCUT2D eigenvalue weighted by atomic mass is 9.97. The number of ether oxygens (including phenoxy) is 1. The molecule has 94 valence electrons. The maximum Gasteiger partial charge on any atom is 0.309 e. The molecule has 1 aliphatic carbocycles. The summed E-state index contributed by atoms with van der Waals surface area (Å²) in [6.45, 7) is 3.70. The molecule has 0 heterocycles. The highest BCUT2D eigenvalue weighted by molar-refractivity contribution is 5.71. The Morgan fingerprint density at radius 3 is 2.81 bits per heavy atom. The first-order chi connectivity index (χ1) is 7.69. The number of hydrogen-bond donors (Lipinski definition) is 2. The summed E-state index contributed by atoms with van der Waals surface area (Å²) in [5, 5.41) is 12.5. The number of aliphatic hydroxyl groups is 1. The largest absolute Gasteiger partial charge is 0.469 e. The van der Waals surface area contributed by atoms with Gasteiger partial charge in [0.1, 0.15) is 0 Å².